The van der Waals surface area contributed by atoms with Gasteiger partial charge in [0.1, 0.15) is 5.82 Å². The number of hydrogen-bond acceptors (Lipinski definition) is 3. The number of benzene rings is 1. The van der Waals surface area contributed by atoms with Crippen molar-refractivity contribution in [2.75, 3.05) is 33.3 Å². The van der Waals surface area contributed by atoms with Crippen molar-refractivity contribution in [1.29, 1.82) is 0 Å². The van der Waals surface area contributed by atoms with Crippen molar-refractivity contribution in [3.05, 3.63) is 42.0 Å². The van der Waals surface area contributed by atoms with Crippen molar-refractivity contribution in [3.8, 4) is 5.75 Å². The highest BCUT2D eigenvalue weighted by atomic mass is 19.1. The van der Waals surface area contributed by atoms with Crippen LogP contribution < -0.4 is 10.1 Å². The third kappa shape index (κ3) is 2.99. The minimum absolute atomic E-state index is 0.0746. The molecule has 1 saturated heterocycles. The summed E-state index contributed by atoms with van der Waals surface area (Å²) in [5, 5.41) is 3.24. The first-order valence-electron chi connectivity index (χ1n) is 6.76. The summed E-state index contributed by atoms with van der Waals surface area (Å²) in [6.45, 7) is 6.86. The molecule has 5 heteroatoms. The number of piperazine rings is 1. The van der Waals surface area contributed by atoms with Crippen LogP contribution in [0.2, 0.25) is 0 Å². The van der Waals surface area contributed by atoms with Crippen molar-refractivity contribution >= 4 is 0 Å². The highest BCUT2D eigenvalue weighted by Gasteiger charge is 2.28. The van der Waals surface area contributed by atoms with E-state index in [9.17, 15) is 8.78 Å². The molecule has 1 aromatic rings. The van der Waals surface area contributed by atoms with Crippen LogP contribution in [-0.4, -0.2) is 38.2 Å². The largest absolute Gasteiger partial charge is 0.494 e. The molecule has 0 spiro atoms. The van der Waals surface area contributed by atoms with Gasteiger partial charge in [-0.15, -0.1) is 6.58 Å². The van der Waals surface area contributed by atoms with E-state index in [2.05, 4.69) is 16.8 Å². The number of methoxy groups -OCH3 is 1. The Morgan fingerprint density at radius 3 is 2.70 bits per heavy atom. The van der Waals surface area contributed by atoms with Gasteiger partial charge in [-0.25, -0.2) is 8.78 Å². The van der Waals surface area contributed by atoms with Gasteiger partial charge < -0.3 is 10.1 Å². The lowest BCUT2D eigenvalue weighted by molar-refractivity contribution is 0.167. The molecule has 2 rings (SSSR count). The van der Waals surface area contributed by atoms with Crippen LogP contribution in [0, 0.1) is 11.6 Å². The molecular weight excluding hydrogens is 262 g/mol. The lowest BCUT2D eigenvalue weighted by Gasteiger charge is -2.35. The molecule has 1 fully saturated rings. The molecular formula is C15H20F2N2O. The highest BCUT2D eigenvalue weighted by Crippen LogP contribution is 2.33. The summed E-state index contributed by atoms with van der Waals surface area (Å²) < 4.78 is 33.5. The Bertz CT molecular complexity index is 473. The van der Waals surface area contributed by atoms with Crippen LogP contribution in [0.1, 0.15) is 18.0 Å². The molecule has 0 unspecified atom stereocenters. The summed E-state index contributed by atoms with van der Waals surface area (Å²) in [5.74, 6) is -1.07. The number of nitrogens with zero attached hydrogens (tertiary/aromatic N) is 1. The molecule has 0 aromatic heterocycles. The average molecular weight is 282 g/mol. The van der Waals surface area contributed by atoms with Gasteiger partial charge in [0.25, 0.3) is 0 Å². The summed E-state index contributed by atoms with van der Waals surface area (Å²) in [6.07, 6.45) is 2.20. The molecule has 0 amide bonds. The van der Waals surface area contributed by atoms with Crippen LogP contribution in [0.25, 0.3) is 0 Å². The Balaban J connectivity index is 2.39. The van der Waals surface area contributed by atoms with Gasteiger partial charge in [-0.1, -0.05) is 6.08 Å². The van der Waals surface area contributed by atoms with E-state index in [1.54, 1.807) is 6.08 Å². The predicted molar refractivity (Wildman–Crippen MR) is 74.9 cm³/mol. The lowest BCUT2D eigenvalue weighted by Crippen LogP contribution is -2.45. The van der Waals surface area contributed by atoms with E-state index >= 15 is 0 Å². The molecule has 1 heterocycles. The third-order valence-corrected chi connectivity index (χ3v) is 3.63. The maximum Gasteiger partial charge on any atom is 0.172 e. The fourth-order valence-electron chi connectivity index (χ4n) is 2.61. The summed E-state index contributed by atoms with van der Waals surface area (Å²) in [7, 11) is 1.38. The summed E-state index contributed by atoms with van der Waals surface area (Å²) in [4.78, 5) is 2.08. The van der Waals surface area contributed by atoms with Gasteiger partial charge in [-0.2, -0.15) is 0 Å². The molecule has 0 radical (unpaired) electrons. The number of hydrogen-bond donors (Lipinski definition) is 1. The van der Waals surface area contributed by atoms with E-state index < -0.39 is 11.6 Å². The summed E-state index contributed by atoms with van der Waals surface area (Å²) in [5.41, 5.74) is 0.0751. The van der Waals surface area contributed by atoms with Crippen molar-refractivity contribution in [1.82, 2.24) is 10.2 Å². The SMILES string of the molecule is C=CC[C@H](c1c(F)ccc(OC)c1F)N1CCNCC1. The van der Waals surface area contributed by atoms with Crippen LogP contribution in [0.3, 0.4) is 0 Å². The Labute approximate surface area is 118 Å². The van der Waals surface area contributed by atoms with Crippen molar-refractivity contribution in [2.45, 2.75) is 12.5 Å². The fourth-order valence-corrected chi connectivity index (χ4v) is 2.61. The molecule has 1 N–H and O–H groups in total. The number of halogens is 2. The Hall–Kier alpha value is -1.46. The zero-order valence-electron chi connectivity index (χ0n) is 11.7. The maximum absolute atomic E-state index is 14.4. The first kappa shape index (κ1) is 14.9. The molecule has 110 valence electrons. The Kier molecular flexibility index (Phi) is 5.09. The second-order valence-electron chi connectivity index (χ2n) is 4.80. The van der Waals surface area contributed by atoms with Gasteiger partial charge >= 0.3 is 0 Å². The van der Waals surface area contributed by atoms with E-state index in [0.717, 1.165) is 26.2 Å². The van der Waals surface area contributed by atoms with Gasteiger partial charge in [0.05, 0.1) is 7.11 Å². The quantitative estimate of drug-likeness (QED) is 0.840. The standard InChI is InChI=1S/C15H20F2N2O/c1-3-4-12(19-9-7-18-8-10-19)14-11(16)5-6-13(20-2)15(14)17/h3,5-6,12,18H,1,4,7-10H2,2H3/t12-/m1/s1. The molecule has 0 aliphatic carbocycles. The molecule has 0 saturated carbocycles. The van der Waals surface area contributed by atoms with Crippen LogP contribution in [-0.2, 0) is 0 Å². The summed E-state index contributed by atoms with van der Waals surface area (Å²) in [6, 6.07) is 2.23. The Morgan fingerprint density at radius 2 is 2.10 bits per heavy atom. The first-order valence-corrected chi connectivity index (χ1v) is 6.76. The van der Waals surface area contributed by atoms with Crippen molar-refractivity contribution < 1.29 is 13.5 Å². The molecule has 1 atom stereocenters. The van der Waals surface area contributed by atoms with E-state index in [-0.39, 0.29) is 17.4 Å². The molecule has 3 nitrogen and oxygen atoms in total. The fraction of sp³-hybridized carbons (Fsp3) is 0.467. The normalized spacial score (nSPS) is 17.8. The minimum atomic E-state index is -0.613. The van der Waals surface area contributed by atoms with E-state index in [1.807, 2.05) is 0 Å². The zero-order chi connectivity index (χ0) is 14.5. The van der Waals surface area contributed by atoms with Crippen molar-refractivity contribution in [3.63, 3.8) is 0 Å². The van der Waals surface area contributed by atoms with Crippen LogP contribution in [0.5, 0.6) is 5.75 Å². The molecule has 20 heavy (non-hydrogen) atoms. The number of nitrogens with one attached hydrogen (secondary N) is 1. The molecule has 1 aliphatic heterocycles. The maximum atomic E-state index is 14.4. The first-order chi connectivity index (χ1) is 9.69. The number of ether oxygens (including phenoxy) is 1. The highest BCUT2D eigenvalue weighted by molar-refractivity contribution is 5.34. The molecule has 1 aliphatic rings. The number of rotatable bonds is 5. The van der Waals surface area contributed by atoms with Crippen LogP contribution >= 0.6 is 0 Å². The van der Waals surface area contributed by atoms with Gasteiger partial charge in [0.15, 0.2) is 11.6 Å². The van der Waals surface area contributed by atoms with Crippen LogP contribution in [0.15, 0.2) is 24.8 Å². The molecule has 0 bridgehead atoms. The monoisotopic (exact) mass is 282 g/mol. The van der Waals surface area contributed by atoms with Gasteiger partial charge in [0.2, 0.25) is 0 Å². The third-order valence-electron chi connectivity index (χ3n) is 3.63. The van der Waals surface area contributed by atoms with Crippen molar-refractivity contribution in [2.24, 2.45) is 0 Å². The van der Waals surface area contributed by atoms with E-state index in [4.69, 9.17) is 4.74 Å². The second kappa shape index (κ2) is 6.81. The zero-order valence-corrected chi connectivity index (χ0v) is 11.7. The van der Waals surface area contributed by atoms with Gasteiger partial charge in [-0.3, -0.25) is 4.90 Å². The average Bonchev–Trinajstić information content (AvgIpc) is 2.47. The van der Waals surface area contributed by atoms with E-state index in [0.29, 0.717) is 6.42 Å². The molecule has 1 aromatic carbocycles. The predicted octanol–water partition coefficient (Wildman–Crippen LogP) is 2.50. The minimum Gasteiger partial charge on any atom is -0.494 e. The topological polar surface area (TPSA) is 24.5 Å². The second-order valence-corrected chi connectivity index (χ2v) is 4.80. The summed E-state index contributed by atoms with van der Waals surface area (Å²) >= 11 is 0. The van der Waals surface area contributed by atoms with Crippen LogP contribution in [0.4, 0.5) is 8.78 Å². The van der Waals surface area contributed by atoms with Gasteiger partial charge in [-0.05, 0) is 18.6 Å². The smallest absolute Gasteiger partial charge is 0.172 e. The van der Waals surface area contributed by atoms with Gasteiger partial charge in [0, 0.05) is 37.8 Å². The lowest BCUT2D eigenvalue weighted by atomic mass is 9.99. The van der Waals surface area contributed by atoms with E-state index in [1.165, 1.54) is 19.2 Å². The Morgan fingerprint density at radius 1 is 1.40 bits per heavy atom.